The molecule has 2 N–H and O–H groups in total. The van der Waals surface area contributed by atoms with Crippen LogP contribution < -0.4 is 5.32 Å². The molecule has 5 heteroatoms. The van der Waals surface area contributed by atoms with Crippen molar-refractivity contribution in [1.82, 2.24) is 5.32 Å². The number of hydrogen-bond acceptors (Lipinski definition) is 3. The number of hydrogen-bond donors (Lipinski definition) is 2. The summed E-state index contributed by atoms with van der Waals surface area (Å²) in [6.45, 7) is 8.61. The summed E-state index contributed by atoms with van der Waals surface area (Å²) >= 11 is 0. The molecule has 0 aliphatic heterocycles. The van der Waals surface area contributed by atoms with Gasteiger partial charge in [0.25, 0.3) is 0 Å². The largest absolute Gasteiger partial charge is 0.478 e. The maximum absolute atomic E-state index is 11.4. The number of carbonyl (C=O) groups is 2. The molecule has 0 rings (SSSR count). The standard InChI is InChI=1S/C11H19NO4/c1-7(6-9(13)14)8(2)12-10(15)16-11(3,4)5/h6,8H,1-5H3,(H,12,15)(H,13,14)/b7-6+. The molecule has 92 valence electrons. The fourth-order valence-corrected chi connectivity index (χ4v) is 0.918. The molecule has 0 heterocycles. The van der Waals surface area contributed by atoms with Crippen LogP contribution in [-0.2, 0) is 9.53 Å². The highest BCUT2D eigenvalue weighted by Gasteiger charge is 2.18. The molecule has 0 aromatic carbocycles. The summed E-state index contributed by atoms with van der Waals surface area (Å²) in [7, 11) is 0. The minimum Gasteiger partial charge on any atom is -0.478 e. The second kappa shape index (κ2) is 5.53. The molecule has 0 aromatic rings. The van der Waals surface area contributed by atoms with E-state index in [2.05, 4.69) is 5.32 Å². The number of rotatable bonds is 3. The molecule has 0 spiro atoms. The Morgan fingerprint density at radius 3 is 2.25 bits per heavy atom. The Labute approximate surface area is 95.5 Å². The lowest BCUT2D eigenvalue weighted by atomic mass is 10.1. The van der Waals surface area contributed by atoms with Gasteiger partial charge in [-0.15, -0.1) is 0 Å². The van der Waals surface area contributed by atoms with Gasteiger partial charge in [0.05, 0.1) is 6.04 Å². The van der Waals surface area contributed by atoms with Crippen LogP contribution in [0.5, 0.6) is 0 Å². The number of alkyl carbamates (subject to hydrolysis) is 1. The van der Waals surface area contributed by atoms with E-state index in [9.17, 15) is 9.59 Å². The summed E-state index contributed by atoms with van der Waals surface area (Å²) in [5.41, 5.74) is -0.00725. The summed E-state index contributed by atoms with van der Waals surface area (Å²) in [4.78, 5) is 21.8. The molecular formula is C11H19NO4. The van der Waals surface area contributed by atoms with Crippen molar-refractivity contribution in [3.8, 4) is 0 Å². The molecular weight excluding hydrogens is 210 g/mol. The van der Waals surface area contributed by atoms with Crippen LogP contribution in [0, 0.1) is 0 Å². The Kier molecular flexibility index (Phi) is 5.01. The fraction of sp³-hybridized carbons (Fsp3) is 0.636. The third-order valence-electron chi connectivity index (χ3n) is 1.77. The van der Waals surface area contributed by atoms with E-state index in [1.54, 1.807) is 34.6 Å². The highest BCUT2D eigenvalue weighted by Crippen LogP contribution is 2.08. The van der Waals surface area contributed by atoms with Crippen molar-refractivity contribution in [2.24, 2.45) is 0 Å². The molecule has 0 radical (unpaired) electrons. The van der Waals surface area contributed by atoms with Crippen LogP contribution in [0.1, 0.15) is 34.6 Å². The Bertz CT molecular complexity index is 302. The summed E-state index contributed by atoms with van der Waals surface area (Å²) in [5, 5.41) is 11.1. The highest BCUT2D eigenvalue weighted by atomic mass is 16.6. The highest BCUT2D eigenvalue weighted by molar-refractivity contribution is 5.81. The molecule has 5 nitrogen and oxygen atoms in total. The topological polar surface area (TPSA) is 75.6 Å². The van der Waals surface area contributed by atoms with E-state index in [0.717, 1.165) is 6.08 Å². The van der Waals surface area contributed by atoms with Gasteiger partial charge >= 0.3 is 12.1 Å². The molecule has 0 fully saturated rings. The average Bonchev–Trinajstić information content (AvgIpc) is 1.98. The second-order valence-electron chi connectivity index (χ2n) is 4.59. The molecule has 0 aliphatic carbocycles. The minimum atomic E-state index is -1.03. The van der Waals surface area contributed by atoms with Gasteiger partial charge in [-0.3, -0.25) is 0 Å². The number of carbonyl (C=O) groups excluding carboxylic acids is 1. The van der Waals surface area contributed by atoms with Crippen molar-refractivity contribution >= 4 is 12.1 Å². The lowest BCUT2D eigenvalue weighted by Crippen LogP contribution is -2.38. The zero-order chi connectivity index (χ0) is 12.9. The number of carboxylic acids is 1. The number of carboxylic acid groups (broad SMARTS) is 1. The molecule has 1 amide bonds. The van der Waals surface area contributed by atoms with Gasteiger partial charge in [0.1, 0.15) is 5.60 Å². The first kappa shape index (κ1) is 14.5. The van der Waals surface area contributed by atoms with Crippen molar-refractivity contribution in [1.29, 1.82) is 0 Å². The van der Waals surface area contributed by atoms with Crippen LogP contribution in [0.4, 0.5) is 4.79 Å². The number of amides is 1. The number of aliphatic carboxylic acids is 1. The van der Waals surface area contributed by atoms with Gasteiger partial charge in [-0.05, 0) is 40.2 Å². The van der Waals surface area contributed by atoms with E-state index in [4.69, 9.17) is 9.84 Å². The van der Waals surface area contributed by atoms with Crippen molar-refractivity contribution in [2.45, 2.75) is 46.3 Å². The molecule has 0 saturated carbocycles. The Morgan fingerprint density at radius 2 is 1.88 bits per heavy atom. The van der Waals surface area contributed by atoms with E-state index in [1.807, 2.05) is 0 Å². The third kappa shape index (κ3) is 6.86. The minimum absolute atomic E-state index is 0.369. The molecule has 0 aromatic heterocycles. The van der Waals surface area contributed by atoms with E-state index >= 15 is 0 Å². The maximum Gasteiger partial charge on any atom is 0.408 e. The van der Waals surface area contributed by atoms with E-state index < -0.39 is 17.7 Å². The predicted octanol–water partition coefficient (Wildman–Crippen LogP) is 1.93. The van der Waals surface area contributed by atoms with Crippen LogP contribution >= 0.6 is 0 Å². The third-order valence-corrected chi connectivity index (χ3v) is 1.77. The van der Waals surface area contributed by atoms with Gasteiger partial charge in [-0.2, -0.15) is 0 Å². The van der Waals surface area contributed by atoms with Crippen LogP contribution in [0.2, 0.25) is 0 Å². The normalized spacial score (nSPS) is 14.2. The molecule has 0 bridgehead atoms. The van der Waals surface area contributed by atoms with E-state index in [0.29, 0.717) is 5.57 Å². The zero-order valence-electron chi connectivity index (χ0n) is 10.3. The van der Waals surface area contributed by atoms with Crippen molar-refractivity contribution in [3.63, 3.8) is 0 Å². The maximum atomic E-state index is 11.4. The monoisotopic (exact) mass is 229 g/mol. The average molecular weight is 229 g/mol. The van der Waals surface area contributed by atoms with Crippen molar-refractivity contribution in [2.75, 3.05) is 0 Å². The quantitative estimate of drug-likeness (QED) is 0.725. The number of nitrogens with one attached hydrogen (secondary N) is 1. The Balaban J connectivity index is 4.30. The Hall–Kier alpha value is -1.52. The molecule has 1 unspecified atom stereocenters. The van der Waals surface area contributed by atoms with E-state index in [-0.39, 0.29) is 6.04 Å². The summed E-state index contributed by atoms with van der Waals surface area (Å²) in [5.74, 6) is -1.03. The summed E-state index contributed by atoms with van der Waals surface area (Å²) in [6.07, 6.45) is 0.500. The SMILES string of the molecule is C/C(=C\C(=O)O)C(C)NC(=O)OC(C)(C)C. The van der Waals surface area contributed by atoms with Gasteiger partial charge in [-0.1, -0.05) is 0 Å². The first-order valence-corrected chi connectivity index (χ1v) is 5.02. The summed E-state index contributed by atoms with van der Waals surface area (Å²) in [6, 6.07) is -0.369. The van der Waals surface area contributed by atoms with Crippen molar-refractivity contribution < 1.29 is 19.4 Å². The Morgan fingerprint density at radius 1 is 1.38 bits per heavy atom. The van der Waals surface area contributed by atoms with Gasteiger partial charge in [0.2, 0.25) is 0 Å². The number of ether oxygens (including phenoxy) is 1. The lowest BCUT2D eigenvalue weighted by molar-refractivity contribution is -0.131. The molecule has 16 heavy (non-hydrogen) atoms. The smallest absolute Gasteiger partial charge is 0.408 e. The summed E-state index contributed by atoms with van der Waals surface area (Å²) < 4.78 is 5.04. The molecule has 0 aliphatic rings. The fourth-order valence-electron chi connectivity index (χ4n) is 0.918. The molecule has 0 saturated heterocycles. The van der Waals surface area contributed by atoms with Crippen LogP contribution in [-0.4, -0.2) is 28.8 Å². The van der Waals surface area contributed by atoms with Gasteiger partial charge in [0, 0.05) is 6.08 Å². The van der Waals surface area contributed by atoms with Crippen LogP contribution in [0.15, 0.2) is 11.6 Å². The lowest BCUT2D eigenvalue weighted by Gasteiger charge is -2.22. The van der Waals surface area contributed by atoms with Crippen LogP contribution in [0.25, 0.3) is 0 Å². The van der Waals surface area contributed by atoms with Gasteiger partial charge in [0.15, 0.2) is 0 Å². The van der Waals surface area contributed by atoms with E-state index in [1.165, 1.54) is 0 Å². The molecule has 1 atom stereocenters. The van der Waals surface area contributed by atoms with Gasteiger partial charge in [-0.25, -0.2) is 9.59 Å². The first-order chi connectivity index (χ1) is 7.11. The zero-order valence-corrected chi connectivity index (χ0v) is 10.3. The second-order valence-corrected chi connectivity index (χ2v) is 4.59. The first-order valence-electron chi connectivity index (χ1n) is 5.02. The van der Waals surface area contributed by atoms with Crippen LogP contribution in [0.3, 0.4) is 0 Å². The van der Waals surface area contributed by atoms with Crippen molar-refractivity contribution in [3.05, 3.63) is 11.6 Å². The predicted molar refractivity (Wildman–Crippen MR) is 60.2 cm³/mol. The van der Waals surface area contributed by atoms with Gasteiger partial charge < -0.3 is 15.2 Å².